The molecule has 0 aliphatic carbocycles. The Bertz CT molecular complexity index is 770. The lowest BCUT2D eigenvalue weighted by atomic mass is 10.2. The summed E-state index contributed by atoms with van der Waals surface area (Å²) in [5, 5.41) is 14.0. The highest BCUT2D eigenvalue weighted by Gasteiger charge is 2.23. The zero-order valence-electron chi connectivity index (χ0n) is 14.9. The maximum Gasteiger partial charge on any atom is 0.260 e. The molecule has 1 N–H and O–H groups in total. The minimum absolute atomic E-state index is 0.00482. The minimum atomic E-state index is -0.605. The van der Waals surface area contributed by atoms with E-state index in [1.54, 1.807) is 11.8 Å². The molecule has 2 aromatic heterocycles. The number of amides is 1. The van der Waals surface area contributed by atoms with Gasteiger partial charge in [-0.15, -0.1) is 0 Å². The third-order valence-corrected chi connectivity index (χ3v) is 4.36. The molecule has 1 atom stereocenters. The van der Waals surface area contributed by atoms with Gasteiger partial charge in [-0.2, -0.15) is 5.10 Å². The molecule has 0 radical (unpaired) electrons. The average Bonchev–Trinajstić information content (AvgIpc) is 3.03. The van der Waals surface area contributed by atoms with Crippen LogP contribution in [-0.4, -0.2) is 43.8 Å². The Labute approximate surface area is 147 Å². The van der Waals surface area contributed by atoms with E-state index in [0.29, 0.717) is 31.1 Å². The minimum Gasteiger partial charge on any atom is -0.482 e. The number of fused-ring (bicyclic) bond motifs is 1. The molecule has 134 valence electrons. The number of carbonyl (C=O) groups excluding carboxylic acids is 1. The van der Waals surface area contributed by atoms with Crippen LogP contribution >= 0.6 is 0 Å². The number of pyridine rings is 1. The van der Waals surface area contributed by atoms with Crippen LogP contribution in [0.2, 0.25) is 0 Å². The van der Waals surface area contributed by atoms with Crippen molar-refractivity contribution < 1.29 is 14.6 Å². The van der Waals surface area contributed by atoms with Gasteiger partial charge in [0, 0.05) is 12.2 Å². The second-order valence-electron chi connectivity index (χ2n) is 6.31. The molecule has 3 rings (SSSR count). The highest BCUT2D eigenvalue weighted by atomic mass is 16.5. The first-order valence-corrected chi connectivity index (χ1v) is 8.59. The van der Waals surface area contributed by atoms with E-state index in [9.17, 15) is 9.90 Å². The van der Waals surface area contributed by atoms with E-state index in [0.717, 1.165) is 23.5 Å². The highest BCUT2D eigenvalue weighted by Crippen LogP contribution is 2.20. The molecule has 7 heteroatoms. The van der Waals surface area contributed by atoms with Crippen molar-refractivity contribution in [1.82, 2.24) is 19.7 Å². The molecule has 25 heavy (non-hydrogen) atoms. The van der Waals surface area contributed by atoms with Crippen LogP contribution in [0.1, 0.15) is 42.7 Å². The van der Waals surface area contributed by atoms with Crippen LogP contribution in [0.15, 0.2) is 18.2 Å². The molecule has 0 fully saturated rings. The molecule has 1 aliphatic heterocycles. The normalized spacial score (nSPS) is 15.0. The van der Waals surface area contributed by atoms with E-state index in [1.807, 2.05) is 36.7 Å². The molecule has 0 unspecified atom stereocenters. The largest absolute Gasteiger partial charge is 0.482 e. The Morgan fingerprint density at radius 2 is 2.20 bits per heavy atom. The van der Waals surface area contributed by atoms with Crippen molar-refractivity contribution in [3.63, 3.8) is 0 Å². The maximum absolute atomic E-state index is 12.5. The van der Waals surface area contributed by atoms with Gasteiger partial charge in [0.15, 0.2) is 6.61 Å². The predicted octanol–water partition coefficient (Wildman–Crippen LogP) is 1.62. The second kappa shape index (κ2) is 7.23. The van der Waals surface area contributed by atoms with Gasteiger partial charge in [0.1, 0.15) is 5.75 Å². The number of rotatable bonds is 5. The van der Waals surface area contributed by atoms with E-state index < -0.39 is 6.10 Å². The molecule has 1 aliphatic rings. The van der Waals surface area contributed by atoms with Gasteiger partial charge < -0.3 is 14.7 Å². The highest BCUT2D eigenvalue weighted by molar-refractivity contribution is 5.77. The van der Waals surface area contributed by atoms with Gasteiger partial charge in [-0.3, -0.25) is 14.5 Å². The van der Waals surface area contributed by atoms with Crippen LogP contribution in [-0.2, 0) is 24.3 Å². The Morgan fingerprint density at radius 3 is 2.92 bits per heavy atom. The van der Waals surface area contributed by atoms with Crippen molar-refractivity contribution in [3.8, 4) is 5.75 Å². The van der Waals surface area contributed by atoms with Gasteiger partial charge >= 0.3 is 0 Å². The molecule has 0 saturated heterocycles. The maximum atomic E-state index is 12.5. The Hall–Kier alpha value is -2.41. The third kappa shape index (κ3) is 3.82. The van der Waals surface area contributed by atoms with Crippen LogP contribution in [0.4, 0.5) is 0 Å². The number of aryl methyl sites for hydroxylation is 2. The standard InChI is InChI=1S/C18H24N4O3/c1-4-15-17(6-5-12(2)19-15)25-11-18(24)21-7-8-22-14(10-21)9-16(20-22)13(3)23/h5-6,9,13,23H,4,7-8,10-11H2,1-3H3/t13-/m0/s1. The number of nitrogens with zero attached hydrogens (tertiary/aromatic N) is 4. The Morgan fingerprint density at radius 1 is 1.40 bits per heavy atom. The van der Waals surface area contributed by atoms with Gasteiger partial charge in [-0.25, -0.2) is 0 Å². The number of aromatic nitrogens is 3. The molecule has 0 aromatic carbocycles. The fraction of sp³-hybridized carbons (Fsp3) is 0.500. The first kappa shape index (κ1) is 17.4. The Balaban J connectivity index is 1.62. The van der Waals surface area contributed by atoms with Crippen molar-refractivity contribution in [2.75, 3.05) is 13.2 Å². The smallest absolute Gasteiger partial charge is 0.260 e. The lowest BCUT2D eigenvalue weighted by Gasteiger charge is -2.27. The van der Waals surface area contributed by atoms with Crippen LogP contribution in [0.25, 0.3) is 0 Å². The Kier molecular flexibility index (Phi) is 5.03. The summed E-state index contributed by atoms with van der Waals surface area (Å²) in [6, 6.07) is 5.61. The summed E-state index contributed by atoms with van der Waals surface area (Å²) in [7, 11) is 0. The molecular formula is C18H24N4O3. The van der Waals surface area contributed by atoms with Crippen LogP contribution in [0.3, 0.4) is 0 Å². The molecule has 1 amide bonds. The number of aliphatic hydroxyl groups is 1. The van der Waals surface area contributed by atoms with E-state index in [-0.39, 0.29) is 12.5 Å². The predicted molar refractivity (Wildman–Crippen MR) is 92.1 cm³/mol. The van der Waals surface area contributed by atoms with Crippen molar-refractivity contribution in [1.29, 1.82) is 0 Å². The van der Waals surface area contributed by atoms with Crippen LogP contribution in [0.5, 0.6) is 5.75 Å². The van der Waals surface area contributed by atoms with Crippen LogP contribution in [0, 0.1) is 6.92 Å². The topological polar surface area (TPSA) is 80.5 Å². The summed E-state index contributed by atoms with van der Waals surface area (Å²) in [5.74, 6) is 0.605. The number of ether oxygens (including phenoxy) is 1. The molecule has 3 heterocycles. The average molecular weight is 344 g/mol. The van der Waals surface area contributed by atoms with Gasteiger partial charge in [0.2, 0.25) is 0 Å². The van der Waals surface area contributed by atoms with Crippen LogP contribution < -0.4 is 4.74 Å². The van der Waals surface area contributed by atoms with E-state index in [2.05, 4.69) is 10.1 Å². The molecule has 2 aromatic rings. The lowest BCUT2D eigenvalue weighted by Crippen LogP contribution is -2.40. The SMILES string of the molecule is CCc1nc(C)ccc1OCC(=O)N1CCn2nc([C@H](C)O)cc2C1. The number of aliphatic hydroxyl groups excluding tert-OH is 1. The fourth-order valence-corrected chi connectivity index (χ4v) is 2.92. The summed E-state index contributed by atoms with van der Waals surface area (Å²) in [6.07, 6.45) is 0.156. The van der Waals surface area contributed by atoms with E-state index in [4.69, 9.17) is 4.74 Å². The van der Waals surface area contributed by atoms with Crippen molar-refractivity contribution in [2.24, 2.45) is 0 Å². The number of hydrogen-bond donors (Lipinski definition) is 1. The summed E-state index contributed by atoms with van der Waals surface area (Å²) in [4.78, 5) is 18.7. The van der Waals surface area contributed by atoms with Gasteiger partial charge in [0.25, 0.3) is 5.91 Å². The zero-order chi connectivity index (χ0) is 18.0. The van der Waals surface area contributed by atoms with Crippen molar-refractivity contribution in [2.45, 2.75) is 46.4 Å². The lowest BCUT2D eigenvalue weighted by molar-refractivity contribution is -0.134. The number of hydrogen-bond acceptors (Lipinski definition) is 5. The molecule has 0 bridgehead atoms. The zero-order valence-corrected chi connectivity index (χ0v) is 14.9. The van der Waals surface area contributed by atoms with Gasteiger partial charge in [-0.1, -0.05) is 6.92 Å². The fourth-order valence-electron chi connectivity index (χ4n) is 2.92. The molecule has 0 saturated carbocycles. The number of carbonyl (C=O) groups is 1. The third-order valence-electron chi connectivity index (χ3n) is 4.36. The first-order valence-electron chi connectivity index (χ1n) is 8.59. The van der Waals surface area contributed by atoms with Gasteiger partial charge in [-0.05, 0) is 38.5 Å². The summed E-state index contributed by atoms with van der Waals surface area (Å²) in [6.45, 7) is 7.33. The van der Waals surface area contributed by atoms with E-state index >= 15 is 0 Å². The van der Waals surface area contributed by atoms with Gasteiger partial charge in [0.05, 0.1) is 36.3 Å². The first-order chi connectivity index (χ1) is 12.0. The second-order valence-corrected chi connectivity index (χ2v) is 6.31. The summed E-state index contributed by atoms with van der Waals surface area (Å²) >= 11 is 0. The molecule has 0 spiro atoms. The van der Waals surface area contributed by atoms with Crippen molar-refractivity contribution in [3.05, 3.63) is 41.0 Å². The molecule has 7 nitrogen and oxygen atoms in total. The van der Waals surface area contributed by atoms with E-state index in [1.165, 1.54) is 0 Å². The van der Waals surface area contributed by atoms with Crippen molar-refractivity contribution >= 4 is 5.91 Å². The summed E-state index contributed by atoms with van der Waals surface area (Å²) in [5.41, 5.74) is 3.38. The summed E-state index contributed by atoms with van der Waals surface area (Å²) < 4.78 is 7.57. The molecular weight excluding hydrogens is 320 g/mol. The quantitative estimate of drug-likeness (QED) is 0.891. The monoisotopic (exact) mass is 344 g/mol.